The Kier molecular flexibility index (Phi) is 6.02. The number of hydrogen-bond acceptors (Lipinski definition) is 6. The van der Waals surface area contributed by atoms with Gasteiger partial charge in [0.25, 0.3) is 0 Å². The molecule has 1 aromatic carbocycles. The highest BCUT2D eigenvalue weighted by Gasteiger charge is 2.52. The molecule has 1 fully saturated rings. The standard InChI is InChI=1S/C19H26BNO6/c1-12(23)21-10-15(20-26-18(2,3)19(4,5)27-20)9-14-7-13(11-22)8-16(25-6)17(14)24/h7-9,11,24H,10H2,1-6H3,(H,21,23). The second-order valence-electron chi connectivity index (χ2n) is 7.50. The van der Waals surface area contributed by atoms with Crippen molar-refractivity contribution in [2.75, 3.05) is 13.7 Å². The Hall–Kier alpha value is -2.32. The first-order valence-corrected chi connectivity index (χ1v) is 8.67. The highest BCUT2D eigenvalue weighted by Crippen LogP contribution is 2.39. The number of phenols is 1. The second-order valence-corrected chi connectivity index (χ2v) is 7.50. The molecule has 0 bridgehead atoms. The minimum Gasteiger partial charge on any atom is -0.504 e. The molecule has 0 aromatic heterocycles. The number of amides is 1. The smallest absolute Gasteiger partial charge is 0.492 e. The van der Waals surface area contributed by atoms with Gasteiger partial charge in [-0.05, 0) is 45.3 Å². The summed E-state index contributed by atoms with van der Waals surface area (Å²) in [4.78, 5) is 22.6. The molecular formula is C19H26BNO6. The van der Waals surface area contributed by atoms with Crippen LogP contribution in [0.2, 0.25) is 0 Å². The molecule has 27 heavy (non-hydrogen) atoms. The zero-order valence-electron chi connectivity index (χ0n) is 16.6. The van der Waals surface area contributed by atoms with Crippen molar-refractivity contribution in [2.45, 2.75) is 45.8 Å². The molecular weight excluding hydrogens is 349 g/mol. The summed E-state index contributed by atoms with van der Waals surface area (Å²) >= 11 is 0. The van der Waals surface area contributed by atoms with Crippen LogP contribution in [0, 0.1) is 0 Å². The molecule has 1 aliphatic heterocycles. The maximum atomic E-state index is 11.4. The summed E-state index contributed by atoms with van der Waals surface area (Å²) < 4.78 is 17.2. The first kappa shape index (κ1) is 21.0. The fraction of sp³-hybridized carbons (Fsp3) is 0.474. The molecule has 0 radical (unpaired) electrons. The van der Waals surface area contributed by atoms with E-state index in [4.69, 9.17) is 14.0 Å². The monoisotopic (exact) mass is 375 g/mol. The van der Waals surface area contributed by atoms with Gasteiger partial charge in [0.1, 0.15) is 6.29 Å². The van der Waals surface area contributed by atoms with Gasteiger partial charge in [0.05, 0.1) is 18.3 Å². The molecule has 0 unspecified atom stereocenters. The van der Waals surface area contributed by atoms with E-state index in [1.807, 2.05) is 27.7 Å². The van der Waals surface area contributed by atoms with Crippen molar-refractivity contribution >= 4 is 25.4 Å². The van der Waals surface area contributed by atoms with E-state index in [0.717, 1.165) is 0 Å². The quantitative estimate of drug-likeness (QED) is 0.586. The predicted octanol–water partition coefficient (Wildman–Crippen LogP) is 2.36. The molecule has 1 heterocycles. The van der Waals surface area contributed by atoms with Gasteiger partial charge in [0.2, 0.25) is 5.91 Å². The van der Waals surface area contributed by atoms with E-state index in [1.165, 1.54) is 26.2 Å². The summed E-state index contributed by atoms with van der Waals surface area (Å²) in [6.07, 6.45) is 2.31. The van der Waals surface area contributed by atoms with Crippen LogP contribution in [0.4, 0.5) is 0 Å². The zero-order chi connectivity index (χ0) is 20.4. The van der Waals surface area contributed by atoms with Crippen LogP contribution in [0.5, 0.6) is 11.5 Å². The fourth-order valence-corrected chi connectivity index (χ4v) is 2.61. The molecule has 2 N–H and O–H groups in total. The Balaban J connectivity index is 2.49. The number of hydrogen-bond donors (Lipinski definition) is 2. The predicted molar refractivity (Wildman–Crippen MR) is 103 cm³/mol. The Morgan fingerprint density at radius 3 is 2.33 bits per heavy atom. The van der Waals surface area contributed by atoms with Gasteiger partial charge in [0.15, 0.2) is 11.5 Å². The number of aldehydes is 1. The first-order chi connectivity index (χ1) is 12.5. The molecule has 2 rings (SSSR count). The van der Waals surface area contributed by atoms with Gasteiger partial charge >= 0.3 is 7.12 Å². The molecule has 1 aliphatic rings. The third kappa shape index (κ3) is 4.51. The number of phenolic OH excluding ortho intramolecular Hbond substituents is 1. The van der Waals surface area contributed by atoms with Crippen molar-refractivity contribution in [3.8, 4) is 11.5 Å². The number of carbonyl (C=O) groups is 2. The van der Waals surface area contributed by atoms with Crippen molar-refractivity contribution in [3.63, 3.8) is 0 Å². The normalized spacial score (nSPS) is 18.3. The second kappa shape index (κ2) is 7.74. The zero-order valence-corrected chi connectivity index (χ0v) is 16.6. The van der Waals surface area contributed by atoms with Crippen LogP contribution in [0.3, 0.4) is 0 Å². The molecule has 7 nitrogen and oxygen atoms in total. The van der Waals surface area contributed by atoms with Gasteiger partial charge < -0.3 is 24.5 Å². The summed E-state index contributed by atoms with van der Waals surface area (Å²) in [7, 11) is 0.691. The van der Waals surface area contributed by atoms with Crippen LogP contribution in [0.15, 0.2) is 17.6 Å². The van der Waals surface area contributed by atoms with Crippen LogP contribution < -0.4 is 10.1 Å². The Labute approximate surface area is 159 Å². The van der Waals surface area contributed by atoms with Gasteiger partial charge in [-0.15, -0.1) is 0 Å². The average molecular weight is 375 g/mol. The fourth-order valence-electron chi connectivity index (χ4n) is 2.61. The number of aromatic hydroxyl groups is 1. The molecule has 1 amide bonds. The number of ether oxygens (including phenoxy) is 1. The van der Waals surface area contributed by atoms with Crippen LogP contribution in [-0.2, 0) is 14.1 Å². The summed E-state index contributed by atoms with van der Waals surface area (Å²) in [5.74, 6) is -0.139. The van der Waals surface area contributed by atoms with Gasteiger partial charge in [-0.3, -0.25) is 9.59 Å². The van der Waals surface area contributed by atoms with Crippen LogP contribution in [-0.4, -0.2) is 49.3 Å². The van der Waals surface area contributed by atoms with Gasteiger partial charge in [-0.1, -0.05) is 6.08 Å². The molecule has 0 saturated carbocycles. The lowest BCUT2D eigenvalue weighted by atomic mass is 9.76. The molecule has 8 heteroatoms. The Bertz CT molecular complexity index is 756. The lowest BCUT2D eigenvalue weighted by Crippen LogP contribution is -2.41. The highest BCUT2D eigenvalue weighted by atomic mass is 16.7. The van der Waals surface area contributed by atoms with E-state index in [9.17, 15) is 14.7 Å². The minimum atomic E-state index is -0.716. The molecule has 146 valence electrons. The number of benzene rings is 1. The Morgan fingerprint density at radius 1 is 1.26 bits per heavy atom. The van der Waals surface area contributed by atoms with Crippen molar-refractivity contribution in [1.82, 2.24) is 5.32 Å². The molecule has 1 aromatic rings. The van der Waals surface area contributed by atoms with Crippen LogP contribution >= 0.6 is 0 Å². The van der Waals surface area contributed by atoms with Gasteiger partial charge in [-0.25, -0.2) is 0 Å². The van der Waals surface area contributed by atoms with Crippen LogP contribution in [0.25, 0.3) is 6.08 Å². The average Bonchev–Trinajstić information content (AvgIpc) is 2.80. The summed E-state index contributed by atoms with van der Waals surface area (Å²) in [5.41, 5.74) is 0.203. The summed E-state index contributed by atoms with van der Waals surface area (Å²) in [5, 5.41) is 13.2. The maximum Gasteiger partial charge on any atom is 0.492 e. The number of nitrogens with one attached hydrogen (secondary N) is 1. The van der Waals surface area contributed by atoms with Crippen LogP contribution in [0.1, 0.15) is 50.5 Å². The maximum absolute atomic E-state index is 11.4. The van der Waals surface area contributed by atoms with Crippen molar-refractivity contribution in [1.29, 1.82) is 0 Å². The molecule has 0 atom stereocenters. The van der Waals surface area contributed by atoms with E-state index in [0.29, 0.717) is 22.9 Å². The summed E-state index contributed by atoms with van der Waals surface area (Å²) in [6.45, 7) is 9.29. The van der Waals surface area contributed by atoms with E-state index in [2.05, 4.69) is 5.32 Å². The van der Waals surface area contributed by atoms with Gasteiger partial charge in [-0.2, -0.15) is 0 Å². The Morgan fingerprint density at radius 2 is 1.85 bits per heavy atom. The third-order valence-corrected chi connectivity index (χ3v) is 4.92. The van der Waals surface area contributed by atoms with Crippen molar-refractivity contribution in [2.24, 2.45) is 0 Å². The molecule has 0 spiro atoms. The molecule has 0 aliphatic carbocycles. The number of carbonyl (C=O) groups excluding carboxylic acids is 2. The third-order valence-electron chi connectivity index (χ3n) is 4.92. The van der Waals surface area contributed by atoms with Crippen molar-refractivity contribution < 1.29 is 28.7 Å². The van der Waals surface area contributed by atoms with E-state index >= 15 is 0 Å². The molecule has 1 saturated heterocycles. The minimum absolute atomic E-state index is 0.111. The van der Waals surface area contributed by atoms with E-state index in [-0.39, 0.29) is 24.0 Å². The highest BCUT2D eigenvalue weighted by molar-refractivity contribution is 6.56. The lowest BCUT2D eigenvalue weighted by Gasteiger charge is -2.32. The van der Waals surface area contributed by atoms with E-state index in [1.54, 1.807) is 6.08 Å². The lowest BCUT2D eigenvalue weighted by molar-refractivity contribution is -0.118. The van der Waals surface area contributed by atoms with Crippen molar-refractivity contribution in [3.05, 3.63) is 28.7 Å². The van der Waals surface area contributed by atoms with E-state index < -0.39 is 18.3 Å². The number of methoxy groups -OCH3 is 1. The SMILES string of the molecule is COc1cc(C=O)cc(C=C(CNC(C)=O)B2OC(C)(C)C(C)(C)O2)c1O. The summed E-state index contributed by atoms with van der Waals surface area (Å²) in [6, 6.07) is 2.98. The topological polar surface area (TPSA) is 94.1 Å². The van der Waals surface area contributed by atoms with Gasteiger partial charge in [0, 0.05) is 24.6 Å². The number of rotatable bonds is 6. The largest absolute Gasteiger partial charge is 0.504 e. The first-order valence-electron chi connectivity index (χ1n) is 8.67.